The highest BCUT2D eigenvalue weighted by molar-refractivity contribution is 5.63. The van der Waals surface area contributed by atoms with Crippen molar-refractivity contribution in [3.63, 3.8) is 0 Å². The highest BCUT2D eigenvalue weighted by Crippen LogP contribution is 2.28. The molecule has 2 aromatic rings. The lowest BCUT2D eigenvalue weighted by molar-refractivity contribution is 0.392. The first kappa shape index (κ1) is 12.5. The molecule has 0 aliphatic carbocycles. The molecule has 0 amide bonds. The largest absolute Gasteiger partial charge is 0.398 e. The van der Waals surface area contributed by atoms with Crippen molar-refractivity contribution >= 4 is 11.4 Å². The van der Waals surface area contributed by atoms with E-state index >= 15 is 0 Å². The Bertz CT molecular complexity index is 541. The van der Waals surface area contributed by atoms with E-state index in [0.717, 1.165) is 34.0 Å². The number of aromatic nitrogens is 1. The van der Waals surface area contributed by atoms with Crippen LogP contribution in [-0.4, -0.2) is 5.16 Å². The van der Waals surface area contributed by atoms with Crippen molar-refractivity contribution < 1.29 is 4.52 Å². The van der Waals surface area contributed by atoms with Crippen LogP contribution in [0.5, 0.6) is 0 Å². The SMILES string of the molecule is Cc1noc(C)c1C(C)Nc1cccc(N)c1C. The Morgan fingerprint density at radius 3 is 2.61 bits per heavy atom. The van der Waals surface area contributed by atoms with Gasteiger partial charge in [-0.05, 0) is 45.4 Å². The molecule has 1 aromatic carbocycles. The number of nitrogens with one attached hydrogen (secondary N) is 1. The number of nitrogens with two attached hydrogens (primary N) is 1. The molecule has 18 heavy (non-hydrogen) atoms. The quantitative estimate of drug-likeness (QED) is 0.814. The molecule has 0 saturated heterocycles. The van der Waals surface area contributed by atoms with Gasteiger partial charge in [0.25, 0.3) is 0 Å². The van der Waals surface area contributed by atoms with Gasteiger partial charge in [0.1, 0.15) is 5.76 Å². The van der Waals surface area contributed by atoms with Crippen molar-refractivity contribution in [1.29, 1.82) is 0 Å². The second-order valence-corrected chi connectivity index (χ2v) is 4.62. The van der Waals surface area contributed by atoms with E-state index in [1.807, 2.05) is 39.0 Å². The van der Waals surface area contributed by atoms with E-state index in [2.05, 4.69) is 17.4 Å². The third-order valence-corrected chi connectivity index (χ3v) is 3.27. The van der Waals surface area contributed by atoms with Gasteiger partial charge < -0.3 is 15.6 Å². The van der Waals surface area contributed by atoms with Crippen LogP contribution in [0.1, 0.15) is 35.5 Å². The van der Waals surface area contributed by atoms with Crippen LogP contribution in [0.3, 0.4) is 0 Å². The Morgan fingerprint density at radius 1 is 1.28 bits per heavy atom. The van der Waals surface area contributed by atoms with Gasteiger partial charge in [0, 0.05) is 16.9 Å². The third kappa shape index (κ3) is 2.18. The third-order valence-electron chi connectivity index (χ3n) is 3.27. The summed E-state index contributed by atoms with van der Waals surface area (Å²) >= 11 is 0. The minimum atomic E-state index is 0.136. The summed E-state index contributed by atoms with van der Waals surface area (Å²) in [6.07, 6.45) is 0. The van der Waals surface area contributed by atoms with Crippen LogP contribution in [0.4, 0.5) is 11.4 Å². The van der Waals surface area contributed by atoms with Crippen LogP contribution in [0.25, 0.3) is 0 Å². The molecule has 0 bridgehead atoms. The van der Waals surface area contributed by atoms with Crippen LogP contribution >= 0.6 is 0 Å². The summed E-state index contributed by atoms with van der Waals surface area (Å²) in [6.45, 7) is 7.99. The summed E-state index contributed by atoms with van der Waals surface area (Å²) in [4.78, 5) is 0. The Kier molecular flexibility index (Phi) is 3.28. The maximum absolute atomic E-state index is 5.90. The zero-order valence-corrected chi connectivity index (χ0v) is 11.2. The average Bonchev–Trinajstić information content (AvgIpc) is 2.65. The van der Waals surface area contributed by atoms with Crippen molar-refractivity contribution in [2.45, 2.75) is 33.7 Å². The minimum Gasteiger partial charge on any atom is -0.398 e. The smallest absolute Gasteiger partial charge is 0.139 e. The first-order valence-electron chi connectivity index (χ1n) is 6.05. The van der Waals surface area contributed by atoms with Crippen molar-refractivity contribution in [2.75, 3.05) is 11.1 Å². The molecule has 4 nitrogen and oxygen atoms in total. The zero-order valence-electron chi connectivity index (χ0n) is 11.2. The Balaban J connectivity index is 2.27. The Labute approximate surface area is 107 Å². The zero-order chi connectivity index (χ0) is 13.3. The monoisotopic (exact) mass is 245 g/mol. The van der Waals surface area contributed by atoms with E-state index < -0.39 is 0 Å². The van der Waals surface area contributed by atoms with Gasteiger partial charge in [-0.3, -0.25) is 0 Å². The summed E-state index contributed by atoms with van der Waals surface area (Å²) in [6, 6.07) is 6.02. The van der Waals surface area contributed by atoms with Crippen molar-refractivity contribution in [3.05, 3.63) is 40.8 Å². The van der Waals surface area contributed by atoms with Crippen LogP contribution in [0.2, 0.25) is 0 Å². The number of anilines is 2. The van der Waals surface area contributed by atoms with Crippen LogP contribution < -0.4 is 11.1 Å². The molecule has 96 valence electrons. The standard InChI is InChI=1S/C14H19N3O/c1-8-12(15)6-5-7-13(8)16-9(2)14-10(3)17-18-11(14)4/h5-7,9,16H,15H2,1-4H3. The number of rotatable bonds is 3. The molecule has 0 saturated carbocycles. The molecule has 1 aromatic heterocycles. The van der Waals surface area contributed by atoms with Crippen LogP contribution in [0.15, 0.2) is 22.7 Å². The topological polar surface area (TPSA) is 64.1 Å². The fraction of sp³-hybridized carbons (Fsp3) is 0.357. The lowest BCUT2D eigenvalue weighted by atomic mass is 10.1. The van der Waals surface area contributed by atoms with E-state index in [4.69, 9.17) is 10.3 Å². The number of aryl methyl sites for hydroxylation is 2. The van der Waals surface area contributed by atoms with Gasteiger partial charge in [0.05, 0.1) is 11.7 Å². The summed E-state index contributed by atoms with van der Waals surface area (Å²) in [7, 11) is 0. The maximum Gasteiger partial charge on any atom is 0.139 e. The molecule has 3 N–H and O–H groups in total. The molecule has 0 aliphatic heterocycles. The molecule has 2 rings (SSSR count). The van der Waals surface area contributed by atoms with Gasteiger partial charge in [-0.15, -0.1) is 0 Å². The number of hydrogen-bond donors (Lipinski definition) is 2. The van der Waals surface area contributed by atoms with Crippen molar-refractivity contribution in [1.82, 2.24) is 5.16 Å². The summed E-state index contributed by atoms with van der Waals surface area (Å²) in [5.74, 6) is 0.856. The number of benzene rings is 1. The molecule has 0 radical (unpaired) electrons. The molecule has 1 unspecified atom stereocenters. The number of nitrogen functional groups attached to an aromatic ring is 1. The normalized spacial score (nSPS) is 12.4. The second-order valence-electron chi connectivity index (χ2n) is 4.62. The van der Waals surface area contributed by atoms with Gasteiger partial charge >= 0.3 is 0 Å². The molecule has 0 aliphatic rings. The first-order chi connectivity index (χ1) is 8.50. The Morgan fingerprint density at radius 2 is 2.00 bits per heavy atom. The summed E-state index contributed by atoms with van der Waals surface area (Å²) < 4.78 is 5.19. The minimum absolute atomic E-state index is 0.136. The van der Waals surface area contributed by atoms with E-state index in [1.54, 1.807) is 0 Å². The van der Waals surface area contributed by atoms with Crippen LogP contribution in [0, 0.1) is 20.8 Å². The van der Waals surface area contributed by atoms with E-state index in [0.29, 0.717) is 0 Å². The predicted molar refractivity (Wildman–Crippen MR) is 73.6 cm³/mol. The van der Waals surface area contributed by atoms with Crippen LogP contribution in [-0.2, 0) is 0 Å². The van der Waals surface area contributed by atoms with Gasteiger partial charge in [-0.25, -0.2) is 0 Å². The van der Waals surface area contributed by atoms with E-state index in [1.165, 1.54) is 0 Å². The second kappa shape index (κ2) is 4.72. The summed E-state index contributed by atoms with van der Waals surface area (Å²) in [5.41, 5.74) is 10.8. The van der Waals surface area contributed by atoms with E-state index in [-0.39, 0.29) is 6.04 Å². The highest BCUT2D eigenvalue weighted by Gasteiger charge is 2.16. The molecule has 0 spiro atoms. The van der Waals surface area contributed by atoms with E-state index in [9.17, 15) is 0 Å². The maximum atomic E-state index is 5.90. The molecule has 0 fully saturated rings. The van der Waals surface area contributed by atoms with Gasteiger partial charge in [-0.2, -0.15) is 0 Å². The van der Waals surface area contributed by atoms with Gasteiger partial charge in [0.15, 0.2) is 0 Å². The molecular formula is C14H19N3O. The molecule has 4 heteroatoms. The lowest BCUT2D eigenvalue weighted by Gasteiger charge is -2.17. The number of nitrogens with zero attached hydrogens (tertiary/aromatic N) is 1. The Hall–Kier alpha value is -1.97. The van der Waals surface area contributed by atoms with Gasteiger partial charge in [-0.1, -0.05) is 11.2 Å². The first-order valence-corrected chi connectivity index (χ1v) is 6.05. The molecule has 1 atom stereocenters. The highest BCUT2D eigenvalue weighted by atomic mass is 16.5. The average molecular weight is 245 g/mol. The van der Waals surface area contributed by atoms with Gasteiger partial charge in [0.2, 0.25) is 0 Å². The summed E-state index contributed by atoms with van der Waals surface area (Å²) in [5, 5.41) is 7.43. The van der Waals surface area contributed by atoms with Crippen molar-refractivity contribution in [2.24, 2.45) is 0 Å². The molecule has 1 heterocycles. The molecular weight excluding hydrogens is 226 g/mol. The predicted octanol–water partition coefficient (Wildman–Crippen LogP) is 3.36. The fourth-order valence-electron chi connectivity index (χ4n) is 2.22. The lowest BCUT2D eigenvalue weighted by Crippen LogP contribution is -2.10. The van der Waals surface area contributed by atoms with Crippen molar-refractivity contribution in [3.8, 4) is 0 Å². The fourth-order valence-corrected chi connectivity index (χ4v) is 2.22. The number of hydrogen-bond acceptors (Lipinski definition) is 4.